The normalized spacial score (nSPS) is 13.6. The van der Waals surface area contributed by atoms with Crippen molar-refractivity contribution < 1.29 is 18.3 Å². The molecule has 0 aromatic heterocycles. The summed E-state index contributed by atoms with van der Waals surface area (Å²) in [4.78, 5) is 0. The number of allylic oxidation sites excluding steroid dienone is 4. The number of rotatable bonds is 6. The van der Waals surface area contributed by atoms with Crippen molar-refractivity contribution in [2.75, 3.05) is 0 Å². The predicted octanol–water partition coefficient (Wildman–Crippen LogP) is 14.6. The molecule has 0 N–H and O–H groups in total. The predicted molar refractivity (Wildman–Crippen MR) is 273 cm³/mol. The minimum absolute atomic E-state index is 0. The van der Waals surface area contributed by atoms with Crippen molar-refractivity contribution in [3.63, 3.8) is 0 Å². The van der Waals surface area contributed by atoms with Gasteiger partial charge in [-0.2, -0.15) is 0 Å². The van der Waals surface area contributed by atoms with Crippen LogP contribution in [-0.2, 0) is 35.5 Å². The molecule has 0 saturated heterocycles. The molecule has 2 aliphatic carbocycles. The van der Waals surface area contributed by atoms with Crippen molar-refractivity contribution in [1.82, 2.24) is 0 Å². The first kappa shape index (κ1) is 43.7. The van der Waals surface area contributed by atoms with Gasteiger partial charge in [0.1, 0.15) is 0 Å². The maximum atomic E-state index is 6.17. The van der Waals surface area contributed by atoms with Crippen LogP contribution in [0.5, 0.6) is 0 Å². The number of halogens is 2. The zero-order chi connectivity index (χ0) is 41.5. The summed E-state index contributed by atoms with van der Waals surface area (Å²) in [6, 6.07) is 62.5. The Labute approximate surface area is 381 Å². The van der Waals surface area contributed by atoms with Gasteiger partial charge in [-0.3, -0.25) is 0 Å². The van der Waals surface area contributed by atoms with Gasteiger partial charge in [-0.1, -0.05) is 0 Å². The molecule has 0 aliphatic heterocycles. The van der Waals surface area contributed by atoms with Gasteiger partial charge in [0, 0.05) is 0 Å². The molecule has 2 aliphatic rings. The number of hydrogen-bond acceptors (Lipinski definition) is 0. The van der Waals surface area contributed by atoms with Crippen LogP contribution in [0, 0.1) is 0 Å². The average Bonchev–Trinajstić information content (AvgIpc) is 3.94. The SMILES string of the molecule is Cl.Cl.[CH2]=[Zr]([C]1=CC=CC1)([c]1c2c(cc(C(C)(C)C)c1-c1ccccc1)-c1cc(C(C)(C)C)c(-c3ccccc3)cc1C2)([c]1cccc2ccccc12)[c]1cccc2ccccc12. The second-order valence-electron chi connectivity index (χ2n) is 19.5. The molecule has 0 unspecified atom stereocenters. The molecule has 0 amide bonds. The van der Waals surface area contributed by atoms with Gasteiger partial charge in [-0.05, 0) is 0 Å². The molecule has 0 spiro atoms. The minimum atomic E-state index is -5.52. The monoisotopic (exact) mass is 924 g/mol. The molecule has 3 heteroatoms. The van der Waals surface area contributed by atoms with Crippen molar-refractivity contribution in [2.24, 2.45) is 0 Å². The van der Waals surface area contributed by atoms with Gasteiger partial charge in [0.2, 0.25) is 0 Å². The Bertz CT molecular complexity index is 3060. The molecule has 10 rings (SSSR count). The van der Waals surface area contributed by atoms with Crippen molar-refractivity contribution in [3.05, 3.63) is 208 Å². The Morgan fingerprint density at radius 2 is 1.00 bits per heavy atom. The van der Waals surface area contributed by atoms with Crippen molar-refractivity contribution in [2.45, 2.75) is 65.2 Å². The Kier molecular flexibility index (Phi) is 11.3. The van der Waals surface area contributed by atoms with Crippen molar-refractivity contribution in [1.29, 1.82) is 0 Å². The fourth-order valence-corrected chi connectivity index (χ4v) is 28.8. The summed E-state index contributed by atoms with van der Waals surface area (Å²) >= 11 is -5.52. The Balaban J connectivity index is 0.00000264. The molecular formula is C59H56Cl2Zr. The molecule has 0 heterocycles. The molecule has 310 valence electrons. The zero-order valence-electron chi connectivity index (χ0n) is 36.8. The van der Waals surface area contributed by atoms with Gasteiger partial charge in [-0.25, -0.2) is 0 Å². The van der Waals surface area contributed by atoms with E-state index in [2.05, 4.69) is 224 Å². The van der Waals surface area contributed by atoms with Crippen LogP contribution in [0.25, 0.3) is 54.9 Å². The third kappa shape index (κ3) is 6.62. The molecule has 0 bridgehead atoms. The molecule has 0 fully saturated rings. The zero-order valence-corrected chi connectivity index (χ0v) is 40.8. The third-order valence-electron chi connectivity index (χ3n) is 13.9. The van der Waals surface area contributed by atoms with E-state index in [1.165, 1.54) is 90.3 Å². The van der Waals surface area contributed by atoms with Gasteiger partial charge in [0.05, 0.1) is 0 Å². The molecular weight excluding hydrogens is 871 g/mol. The van der Waals surface area contributed by atoms with Crippen LogP contribution < -0.4 is 9.81 Å². The van der Waals surface area contributed by atoms with Crippen LogP contribution >= 0.6 is 24.8 Å². The quantitative estimate of drug-likeness (QED) is 0.156. The summed E-state index contributed by atoms with van der Waals surface area (Å²) in [5.74, 6) is 0. The Morgan fingerprint density at radius 1 is 0.500 bits per heavy atom. The number of hydrogen-bond donors (Lipinski definition) is 0. The molecule has 8 aromatic rings. The van der Waals surface area contributed by atoms with E-state index >= 15 is 0 Å². The van der Waals surface area contributed by atoms with Gasteiger partial charge in [0.25, 0.3) is 0 Å². The topological polar surface area (TPSA) is 0 Å². The van der Waals surface area contributed by atoms with E-state index in [0.29, 0.717) is 0 Å². The molecule has 0 nitrogen and oxygen atoms in total. The van der Waals surface area contributed by atoms with E-state index < -0.39 is 18.3 Å². The summed E-state index contributed by atoms with van der Waals surface area (Å²) in [6.45, 7) is 14.4. The van der Waals surface area contributed by atoms with Crippen molar-refractivity contribution in [3.8, 4) is 33.4 Å². The second kappa shape index (κ2) is 16.0. The number of fused-ring (bicyclic) bond motifs is 5. The molecule has 0 atom stereocenters. The van der Waals surface area contributed by atoms with Gasteiger partial charge >= 0.3 is 360 Å². The first-order valence-electron chi connectivity index (χ1n) is 21.7. The fraction of sp³-hybridized carbons (Fsp3) is 0.169. The summed E-state index contributed by atoms with van der Waals surface area (Å²) in [5.41, 5.74) is 13.4. The van der Waals surface area contributed by atoms with Crippen LogP contribution in [0.4, 0.5) is 0 Å². The Morgan fingerprint density at radius 3 is 1.53 bits per heavy atom. The van der Waals surface area contributed by atoms with Gasteiger partial charge in [-0.15, -0.1) is 24.8 Å². The van der Waals surface area contributed by atoms with Gasteiger partial charge < -0.3 is 0 Å². The van der Waals surface area contributed by atoms with Crippen LogP contribution in [0.15, 0.2) is 185 Å². The van der Waals surface area contributed by atoms with E-state index in [4.69, 9.17) is 4.21 Å². The van der Waals surface area contributed by atoms with Crippen LogP contribution in [0.1, 0.15) is 70.2 Å². The second-order valence-corrected chi connectivity index (χ2v) is 32.1. The average molecular weight is 927 g/mol. The van der Waals surface area contributed by atoms with E-state index in [-0.39, 0.29) is 35.6 Å². The first-order chi connectivity index (χ1) is 28.9. The number of benzene rings is 8. The maximum absolute atomic E-state index is 6.17. The van der Waals surface area contributed by atoms with Crippen LogP contribution in [-0.4, -0.2) is 4.21 Å². The summed E-state index contributed by atoms with van der Waals surface area (Å²) in [7, 11) is 0. The van der Waals surface area contributed by atoms with Crippen molar-refractivity contribution >= 4 is 60.4 Å². The third-order valence-corrected chi connectivity index (χ3v) is 30.4. The fourth-order valence-electron chi connectivity index (χ4n) is 11.2. The van der Waals surface area contributed by atoms with Crippen LogP contribution in [0.3, 0.4) is 0 Å². The van der Waals surface area contributed by atoms with Gasteiger partial charge in [0.15, 0.2) is 0 Å². The van der Waals surface area contributed by atoms with E-state index in [9.17, 15) is 0 Å². The molecule has 8 aromatic carbocycles. The first-order valence-corrected chi connectivity index (χ1v) is 28.4. The molecule has 0 saturated carbocycles. The van der Waals surface area contributed by atoms with E-state index in [1.807, 2.05) is 0 Å². The molecule has 0 radical (unpaired) electrons. The molecule has 62 heavy (non-hydrogen) atoms. The Hall–Kier alpha value is -4.91. The summed E-state index contributed by atoms with van der Waals surface area (Å²) in [6.07, 6.45) is 8.92. The summed E-state index contributed by atoms with van der Waals surface area (Å²) in [5, 5.41) is 5.15. The van der Waals surface area contributed by atoms with Crippen LogP contribution in [0.2, 0.25) is 0 Å². The van der Waals surface area contributed by atoms with E-state index in [1.54, 1.807) is 0 Å². The summed E-state index contributed by atoms with van der Waals surface area (Å²) < 4.78 is 12.0. The van der Waals surface area contributed by atoms with E-state index in [0.717, 1.165) is 12.8 Å². The standard InChI is InChI=1S/C33H33.2C10H7.C5H5.CH2.2ClH.Zr/c1-32(2,3)30-20-26-24(18-28(30)22-13-9-7-10-14-22)17-25-19-29(23-15-11-8-12-16-23)31(21-27(25)26)33(4,5)6;2*1-2-6-10-8-4-3-7-9(10)5-1;1-2-4-5-3-1;;;;/h7-16,18,20-21H,17H2,1-6H3;2*1-7H;1-3H,4H2;1H2;2*1H;.